The minimum absolute atomic E-state index is 0.205. The number of nitrogens with zero attached hydrogens (tertiary/aromatic N) is 4. The summed E-state index contributed by atoms with van der Waals surface area (Å²) >= 11 is 1.64. The van der Waals surface area contributed by atoms with E-state index in [2.05, 4.69) is 14.9 Å². The molecular weight excluding hydrogens is 336 g/mol. The Morgan fingerprint density at radius 1 is 1.16 bits per heavy atom. The third-order valence-corrected chi connectivity index (χ3v) is 5.71. The second kappa shape index (κ2) is 7.49. The number of morpholine rings is 1. The van der Waals surface area contributed by atoms with Gasteiger partial charge in [-0.15, -0.1) is 11.3 Å². The maximum absolute atomic E-state index is 12.6. The van der Waals surface area contributed by atoms with Crippen molar-refractivity contribution in [3.8, 4) is 0 Å². The molecule has 132 valence electrons. The highest BCUT2D eigenvalue weighted by atomic mass is 32.1. The van der Waals surface area contributed by atoms with Gasteiger partial charge in [0.1, 0.15) is 12.1 Å². The molecule has 0 unspecified atom stereocenters. The Hall–Kier alpha value is -1.99. The molecule has 1 amide bonds. The molecule has 1 fully saturated rings. The average molecular weight is 358 g/mol. The van der Waals surface area contributed by atoms with E-state index in [9.17, 15) is 4.79 Å². The zero-order chi connectivity index (χ0) is 17.1. The monoisotopic (exact) mass is 358 g/mol. The fraction of sp³-hybridized carbons (Fsp3) is 0.500. The zero-order valence-corrected chi connectivity index (χ0v) is 15.0. The third-order valence-electron chi connectivity index (χ3n) is 4.83. The van der Waals surface area contributed by atoms with E-state index >= 15 is 0 Å². The number of rotatable bonds is 3. The van der Waals surface area contributed by atoms with E-state index < -0.39 is 0 Å². The predicted molar refractivity (Wildman–Crippen MR) is 97.1 cm³/mol. The highest BCUT2D eigenvalue weighted by molar-refractivity contribution is 7.10. The molecule has 0 spiro atoms. The first-order chi connectivity index (χ1) is 12.3. The molecule has 2 aromatic rings. The van der Waals surface area contributed by atoms with E-state index in [1.54, 1.807) is 17.7 Å². The van der Waals surface area contributed by atoms with Crippen molar-refractivity contribution in [1.29, 1.82) is 0 Å². The summed E-state index contributed by atoms with van der Waals surface area (Å²) in [5.41, 5.74) is 2.29. The standard InChI is InChI=1S/C18H22N4O2S/c23-17(12-14-2-1-11-25-14)21-5-3-15-16(4-6-21)19-13-20-18(15)22-7-9-24-10-8-22/h1-2,11,13H,3-10,12H2. The summed E-state index contributed by atoms with van der Waals surface area (Å²) in [6.07, 6.45) is 3.77. The fourth-order valence-electron chi connectivity index (χ4n) is 3.48. The molecule has 4 rings (SSSR count). The highest BCUT2D eigenvalue weighted by Crippen LogP contribution is 2.24. The van der Waals surface area contributed by atoms with E-state index in [4.69, 9.17) is 4.74 Å². The van der Waals surface area contributed by atoms with Crippen LogP contribution in [-0.2, 0) is 28.8 Å². The number of fused-ring (bicyclic) bond motifs is 1. The summed E-state index contributed by atoms with van der Waals surface area (Å²) < 4.78 is 5.45. The number of aromatic nitrogens is 2. The normalized spacial score (nSPS) is 17.9. The van der Waals surface area contributed by atoms with Crippen molar-refractivity contribution in [2.75, 3.05) is 44.3 Å². The van der Waals surface area contributed by atoms with Gasteiger partial charge in [0.25, 0.3) is 0 Å². The first kappa shape index (κ1) is 16.5. The van der Waals surface area contributed by atoms with Crippen LogP contribution in [0.2, 0.25) is 0 Å². The number of carbonyl (C=O) groups is 1. The van der Waals surface area contributed by atoms with E-state index in [-0.39, 0.29) is 5.91 Å². The Bertz CT molecular complexity index is 729. The molecule has 0 bridgehead atoms. The van der Waals surface area contributed by atoms with Crippen molar-refractivity contribution in [3.63, 3.8) is 0 Å². The predicted octanol–water partition coefficient (Wildman–Crippen LogP) is 1.54. The molecule has 2 aliphatic rings. The first-order valence-corrected chi connectivity index (χ1v) is 9.65. The van der Waals surface area contributed by atoms with Crippen LogP contribution in [0.5, 0.6) is 0 Å². The van der Waals surface area contributed by atoms with E-state index in [0.29, 0.717) is 6.42 Å². The fourth-order valence-corrected chi connectivity index (χ4v) is 4.18. The topological polar surface area (TPSA) is 58.6 Å². The number of anilines is 1. The summed E-state index contributed by atoms with van der Waals surface area (Å²) in [5.74, 6) is 1.23. The Labute approximate surface area is 151 Å². The number of hydrogen-bond donors (Lipinski definition) is 0. The van der Waals surface area contributed by atoms with Crippen LogP contribution >= 0.6 is 11.3 Å². The van der Waals surface area contributed by atoms with Gasteiger partial charge in [0.05, 0.1) is 25.3 Å². The van der Waals surface area contributed by atoms with Gasteiger partial charge in [-0.05, 0) is 17.9 Å². The number of amides is 1. The van der Waals surface area contributed by atoms with Crippen LogP contribution in [-0.4, -0.2) is 60.2 Å². The number of carbonyl (C=O) groups excluding carboxylic acids is 1. The quantitative estimate of drug-likeness (QED) is 0.833. The second-order valence-electron chi connectivity index (χ2n) is 6.36. The van der Waals surface area contributed by atoms with Crippen LogP contribution in [0.1, 0.15) is 16.1 Å². The van der Waals surface area contributed by atoms with Crippen LogP contribution in [0.15, 0.2) is 23.8 Å². The summed E-state index contributed by atoms with van der Waals surface area (Å²) in [6, 6.07) is 4.02. The number of hydrogen-bond acceptors (Lipinski definition) is 6. The molecule has 0 N–H and O–H groups in total. The van der Waals surface area contributed by atoms with Crippen LogP contribution in [0.25, 0.3) is 0 Å². The Morgan fingerprint density at radius 3 is 2.80 bits per heavy atom. The Balaban J connectivity index is 1.48. The van der Waals surface area contributed by atoms with Crippen molar-refractivity contribution in [2.24, 2.45) is 0 Å². The highest BCUT2D eigenvalue weighted by Gasteiger charge is 2.24. The van der Waals surface area contributed by atoms with Crippen molar-refractivity contribution in [2.45, 2.75) is 19.3 Å². The average Bonchev–Trinajstić information content (AvgIpc) is 3.05. The van der Waals surface area contributed by atoms with Crippen molar-refractivity contribution in [3.05, 3.63) is 40.0 Å². The molecule has 2 aliphatic heterocycles. The molecule has 25 heavy (non-hydrogen) atoms. The SMILES string of the molecule is O=C(Cc1cccs1)N1CCc2ncnc(N3CCOCC3)c2CC1. The lowest BCUT2D eigenvalue weighted by Gasteiger charge is -2.29. The van der Waals surface area contributed by atoms with Crippen LogP contribution in [0, 0.1) is 0 Å². The van der Waals surface area contributed by atoms with Gasteiger partial charge >= 0.3 is 0 Å². The summed E-state index contributed by atoms with van der Waals surface area (Å²) in [4.78, 5) is 27.1. The molecular formula is C18H22N4O2S. The van der Waals surface area contributed by atoms with Crippen LogP contribution in [0.4, 0.5) is 5.82 Å². The van der Waals surface area contributed by atoms with Gasteiger partial charge in [0, 0.05) is 43.0 Å². The van der Waals surface area contributed by atoms with Gasteiger partial charge in [-0.1, -0.05) is 6.07 Å². The van der Waals surface area contributed by atoms with Crippen molar-refractivity contribution < 1.29 is 9.53 Å². The lowest BCUT2D eigenvalue weighted by atomic mass is 10.1. The maximum Gasteiger partial charge on any atom is 0.227 e. The third kappa shape index (κ3) is 3.67. The lowest BCUT2D eigenvalue weighted by molar-refractivity contribution is -0.130. The second-order valence-corrected chi connectivity index (χ2v) is 7.39. The molecule has 1 saturated heterocycles. The molecule has 6 nitrogen and oxygen atoms in total. The zero-order valence-electron chi connectivity index (χ0n) is 14.2. The van der Waals surface area contributed by atoms with Crippen molar-refractivity contribution in [1.82, 2.24) is 14.9 Å². The lowest BCUT2D eigenvalue weighted by Crippen LogP contribution is -2.37. The largest absolute Gasteiger partial charge is 0.378 e. The summed E-state index contributed by atoms with van der Waals surface area (Å²) in [6.45, 7) is 4.68. The molecule has 2 aromatic heterocycles. The summed E-state index contributed by atoms with van der Waals surface area (Å²) in [5, 5.41) is 2.02. The first-order valence-electron chi connectivity index (χ1n) is 8.77. The van der Waals surface area contributed by atoms with Gasteiger partial charge in [0.2, 0.25) is 5.91 Å². The number of thiophene rings is 1. The Morgan fingerprint density at radius 2 is 2.00 bits per heavy atom. The summed E-state index contributed by atoms with van der Waals surface area (Å²) in [7, 11) is 0. The molecule has 4 heterocycles. The Kier molecular flexibility index (Phi) is 4.94. The number of ether oxygens (including phenoxy) is 1. The molecule has 0 aliphatic carbocycles. The molecule has 0 atom stereocenters. The smallest absolute Gasteiger partial charge is 0.227 e. The molecule has 0 saturated carbocycles. The van der Waals surface area contributed by atoms with Crippen molar-refractivity contribution >= 4 is 23.1 Å². The van der Waals surface area contributed by atoms with Gasteiger partial charge in [-0.2, -0.15) is 0 Å². The molecule has 0 aromatic carbocycles. The van der Waals surface area contributed by atoms with Gasteiger partial charge in [0.15, 0.2) is 0 Å². The minimum atomic E-state index is 0.205. The van der Waals surface area contributed by atoms with E-state index in [0.717, 1.165) is 68.6 Å². The van der Waals surface area contributed by atoms with E-state index in [1.165, 1.54) is 5.56 Å². The molecule has 0 radical (unpaired) electrons. The van der Waals surface area contributed by atoms with E-state index in [1.807, 2.05) is 22.4 Å². The van der Waals surface area contributed by atoms with Gasteiger partial charge in [-0.3, -0.25) is 4.79 Å². The van der Waals surface area contributed by atoms with Gasteiger partial charge in [-0.25, -0.2) is 9.97 Å². The maximum atomic E-state index is 12.6. The van der Waals surface area contributed by atoms with Gasteiger partial charge < -0.3 is 14.5 Å². The van der Waals surface area contributed by atoms with Crippen LogP contribution in [0.3, 0.4) is 0 Å². The molecule has 7 heteroatoms. The van der Waals surface area contributed by atoms with Crippen LogP contribution < -0.4 is 4.90 Å². The minimum Gasteiger partial charge on any atom is -0.378 e.